The molecule has 2 saturated carbocycles. The Bertz CT molecular complexity index is 804. The van der Waals surface area contributed by atoms with E-state index in [0.29, 0.717) is 23.2 Å². The zero-order valence-electron chi connectivity index (χ0n) is 15.2. The van der Waals surface area contributed by atoms with Crippen LogP contribution in [0.4, 0.5) is 5.13 Å². The lowest BCUT2D eigenvalue weighted by Crippen LogP contribution is -2.20. The van der Waals surface area contributed by atoms with Crippen LogP contribution in [0.5, 0.6) is 11.5 Å². The quantitative estimate of drug-likeness (QED) is 0.805. The van der Waals surface area contributed by atoms with E-state index in [0.717, 1.165) is 28.8 Å². The minimum Gasteiger partial charge on any atom is -0.497 e. The highest BCUT2D eigenvalue weighted by Gasteiger charge is 2.40. The molecule has 2 aliphatic carbocycles. The van der Waals surface area contributed by atoms with Crippen LogP contribution >= 0.6 is 11.3 Å². The lowest BCUT2D eigenvalue weighted by molar-refractivity contribution is -0.117. The lowest BCUT2D eigenvalue weighted by Gasteiger charge is -2.20. The summed E-state index contributed by atoms with van der Waals surface area (Å²) in [6.07, 6.45) is 5.85. The Hall–Kier alpha value is -2.08. The summed E-state index contributed by atoms with van der Waals surface area (Å²) >= 11 is 1.45. The monoisotopic (exact) mass is 372 g/mol. The Kier molecular flexibility index (Phi) is 4.85. The third-order valence-electron chi connectivity index (χ3n) is 5.77. The molecule has 4 rings (SSSR count). The number of hydrogen-bond acceptors (Lipinski definition) is 5. The van der Waals surface area contributed by atoms with E-state index in [1.165, 1.54) is 37.0 Å². The Labute approximate surface area is 157 Å². The highest BCUT2D eigenvalue weighted by atomic mass is 32.1. The number of anilines is 1. The van der Waals surface area contributed by atoms with Crippen molar-refractivity contribution < 1.29 is 14.3 Å². The number of hydrogen-bond donors (Lipinski definition) is 1. The number of carbonyl (C=O) groups excluding carboxylic acids is 1. The fraction of sp³-hybridized carbons (Fsp3) is 0.500. The topological polar surface area (TPSA) is 60.5 Å². The number of rotatable bonds is 6. The first kappa shape index (κ1) is 17.3. The third-order valence-corrected chi connectivity index (χ3v) is 6.53. The fourth-order valence-electron chi connectivity index (χ4n) is 4.50. The standard InChI is InChI=1S/C20H24N2O3S/c1-24-15-5-6-16(18(10-15)25-2)17-11-26-20(21-17)22-19(23)9-14-8-12-3-4-13(14)7-12/h5-6,10-14H,3-4,7-9H2,1-2H3,(H,21,22,23)/t12-,13-,14-/m0/s1. The zero-order valence-corrected chi connectivity index (χ0v) is 16.0. The molecular formula is C20H24N2O3S. The Balaban J connectivity index is 1.42. The molecule has 138 valence electrons. The van der Waals surface area contributed by atoms with E-state index >= 15 is 0 Å². The second kappa shape index (κ2) is 7.27. The molecule has 1 N–H and O–H groups in total. The molecule has 0 radical (unpaired) electrons. The summed E-state index contributed by atoms with van der Waals surface area (Å²) in [7, 11) is 3.25. The number of benzene rings is 1. The van der Waals surface area contributed by atoms with Crippen molar-refractivity contribution in [1.82, 2.24) is 4.98 Å². The van der Waals surface area contributed by atoms with E-state index in [9.17, 15) is 4.79 Å². The van der Waals surface area contributed by atoms with Gasteiger partial charge in [-0.05, 0) is 49.1 Å². The van der Waals surface area contributed by atoms with Crippen molar-refractivity contribution in [3.63, 3.8) is 0 Å². The van der Waals surface area contributed by atoms with Crippen molar-refractivity contribution in [2.45, 2.75) is 32.1 Å². The molecule has 1 aromatic carbocycles. The molecule has 26 heavy (non-hydrogen) atoms. The maximum Gasteiger partial charge on any atom is 0.226 e. The van der Waals surface area contributed by atoms with Crippen molar-refractivity contribution >= 4 is 22.4 Å². The van der Waals surface area contributed by atoms with Crippen molar-refractivity contribution in [3.05, 3.63) is 23.6 Å². The summed E-state index contributed by atoms with van der Waals surface area (Å²) in [6, 6.07) is 5.64. The van der Waals surface area contributed by atoms with Crippen LogP contribution in [0.1, 0.15) is 32.1 Å². The average Bonchev–Trinajstić information content (AvgIpc) is 3.38. The molecule has 1 heterocycles. The second-order valence-corrected chi connectivity index (χ2v) is 8.15. The highest BCUT2D eigenvalue weighted by Crippen LogP contribution is 2.49. The molecule has 0 saturated heterocycles. The van der Waals surface area contributed by atoms with Gasteiger partial charge >= 0.3 is 0 Å². The van der Waals surface area contributed by atoms with Gasteiger partial charge in [0.1, 0.15) is 11.5 Å². The van der Waals surface area contributed by atoms with Crippen molar-refractivity contribution in [1.29, 1.82) is 0 Å². The first-order chi connectivity index (χ1) is 12.7. The van der Waals surface area contributed by atoms with E-state index in [1.807, 2.05) is 23.6 Å². The number of aromatic nitrogens is 1. The number of nitrogens with one attached hydrogen (secondary N) is 1. The van der Waals surface area contributed by atoms with Crippen LogP contribution in [-0.2, 0) is 4.79 Å². The summed E-state index contributed by atoms with van der Waals surface area (Å²) in [5.74, 6) is 3.72. The molecule has 0 spiro atoms. The van der Waals surface area contributed by atoms with Crippen LogP contribution < -0.4 is 14.8 Å². The molecule has 1 aromatic heterocycles. The predicted molar refractivity (Wildman–Crippen MR) is 103 cm³/mol. The van der Waals surface area contributed by atoms with E-state index in [1.54, 1.807) is 14.2 Å². The van der Waals surface area contributed by atoms with Gasteiger partial charge in [0.05, 0.1) is 19.9 Å². The SMILES string of the molecule is COc1ccc(-c2csc(NC(=O)C[C@@H]3C[C@H]4CC[C@H]3C4)n2)c(OC)c1. The van der Waals surface area contributed by atoms with Gasteiger partial charge in [0.2, 0.25) is 5.91 Å². The molecular weight excluding hydrogens is 348 g/mol. The van der Waals surface area contributed by atoms with Gasteiger partial charge in [0.25, 0.3) is 0 Å². The van der Waals surface area contributed by atoms with Gasteiger partial charge in [-0.2, -0.15) is 0 Å². The largest absolute Gasteiger partial charge is 0.497 e. The van der Waals surface area contributed by atoms with Crippen LogP contribution in [0.3, 0.4) is 0 Å². The van der Waals surface area contributed by atoms with Crippen LogP contribution in [0.15, 0.2) is 23.6 Å². The van der Waals surface area contributed by atoms with Crippen LogP contribution in [0, 0.1) is 17.8 Å². The minimum atomic E-state index is 0.0881. The number of nitrogens with zero attached hydrogens (tertiary/aromatic N) is 1. The summed E-state index contributed by atoms with van der Waals surface area (Å²) in [5, 5.41) is 5.57. The van der Waals surface area contributed by atoms with E-state index < -0.39 is 0 Å². The van der Waals surface area contributed by atoms with Crippen LogP contribution in [0.2, 0.25) is 0 Å². The van der Waals surface area contributed by atoms with Gasteiger partial charge < -0.3 is 14.8 Å². The number of thiazole rings is 1. The molecule has 2 aromatic rings. The van der Waals surface area contributed by atoms with Gasteiger partial charge in [0.15, 0.2) is 5.13 Å². The number of methoxy groups -OCH3 is 2. The number of amides is 1. The van der Waals surface area contributed by atoms with Crippen LogP contribution in [0.25, 0.3) is 11.3 Å². The zero-order chi connectivity index (χ0) is 18.1. The minimum absolute atomic E-state index is 0.0881. The normalized spacial score (nSPS) is 23.8. The van der Waals surface area contributed by atoms with Crippen molar-refractivity contribution in [3.8, 4) is 22.8 Å². The maximum atomic E-state index is 12.4. The molecule has 0 unspecified atom stereocenters. The summed E-state index contributed by atoms with van der Waals surface area (Å²) in [5.41, 5.74) is 1.68. The third kappa shape index (κ3) is 3.43. The Morgan fingerprint density at radius 1 is 1.27 bits per heavy atom. The van der Waals surface area contributed by atoms with Gasteiger partial charge in [-0.3, -0.25) is 4.79 Å². The lowest BCUT2D eigenvalue weighted by atomic mass is 9.86. The van der Waals surface area contributed by atoms with Gasteiger partial charge in [-0.1, -0.05) is 6.42 Å². The van der Waals surface area contributed by atoms with Crippen molar-refractivity contribution in [2.24, 2.45) is 17.8 Å². The Morgan fingerprint density at radius 3 is 2.85 bits per heavy atom. The fourth-order valence-corrected chi connectivity index (χ4v) is 5.23. The predicted octanol–water partition coefficient (Wildman–Crippen LogP) is 4.59. The van der Waals surface area contributed by atoms with Gasteiger partial charge in [-0.25, -0.2) is 4.98 Å². The highest BCUT2D eigenvalue weighted by molar-refractivity contribution is 7.14. The van der Waals surface area contributed by atoms with E-state index in [2.05, 4.69) is 10.3 Å². The molecule has 0 aliphatic heterocycles. The first-order valence-corrected chi connectivity index (χ1v) is 10.0. The number of carbonyl (C=O) groups is 1. The molecule has 2 bridgehead atoms. The van der Waals surface area contributed by atoms with Crippen LogP contribution in [-0.4, -0.2) is 25.1 Å². The number of fused-ring (bicyclic) bond motifs is 2. The smallest absolute Gasteiger partial charge is 0.226 e. The average molecular weight is 372 g/mol. The van der Waals surface area contributed by atoms with Gasteiger partial charge in [0, 0.05) is 23.4 Å². The number of ether oxygens (including phenoxy) is 2. The summed E-state index contributed by atoms with van der Waals surface area (Å²) in [4.78, 5) is 17.0. The molecule has 2 aliphatic rings. The van der Waals surface area contributed by atoms with E-state index in [4.69, 9.17) is 9.47 Å². The van der Waals surface area contributed by atoms with E-state index in [-0.39, 0.29) is 5.91 Å². The Morgan fingerprint density at radius 2 is 2.15 bits per heavy atom. The van der Waals surface area contributed by atoms with Gasteiger partial charge in [-0.15, -0.1) is 11.3 Å². The summed E-state index contributed by atoms with van der Waals surface area (Å²) in [6.45, 7) is 0. The molecule has 5 nitrogen and oxygen atoms in total. The molecule has 2 fully saturated rings. The first-order valence-electron chi connectivity index (χ1n) is 9.14. The second-order valence-electron chi connectivity index (χ2n) is 7.29. The molecule has 6 heteroatoms. The maximum absolute atomic E-state index is 12.4. The molecule has 1 amide bonds. The molecule has 3 atom stereocenters. The summed E-state index contributed by atoms with van der Waals surface area (Å²) < 4.78 is 10.7. The van der Waals surface area contributed by atoms with Crippen molar-refractivity contribution in [2.75, 3.05) is 19.5 Å².